The van der Waals surface area contributed by atoms with Crippen molar-refractivity contribution in [3.05, 3.63) is 11.6 Å². The molecule has 0 bridgehead atoms. The Morgan fingerprint density at radius 2 is 2.17 bits per heavy atom. The third-order valence-corrected chi connectivity index (χ3v) is 2.41. The minimum Gasteiger partial charge on any atom is -0.295 e. The van der Waals surface area contributed by atoms with Crippen LogP contribution in [0.15, 0.2) is 11.6 Å². The molecule has 0 aromatic rings. The number of rotatable bonds is 4. The summed E-state index contributed by atoms with van der Waals surface area (Å²) in [5.74, 6) is 0.395. The number of allylic oxidation sites excluding steroid dienone is 2. The monoisotopic (exact) mass is 166 g/mol. The van der Waals surface area contributed by atoms with Crippen molar-refractivity contribution in [3.63, 3.8) is 0 Å². The number of Topliss-reactive ketones (excluding diaryl/α,β-unsaturated/α-hetero) is 1. The van der Waals surface area contributed by atoms with E-state index in [0.29, 0.717) is 5.78 Å². The minimum absolute atomic E-state index is 0.395. The van der Waals surface area contributed by atoms with Crippen LogP contribution >= 0.6 is 0 Å². The number of carbonyl (C=O) groups excluding carboxylic acids is 1. The Balaban J connectivity index is 2.22. The van der Waals surface area contributed by atoms with Gasteiger partial charge in [-0.1, -0.05) is 25.8 Å². The zero-order valence-electron chi connectivity index (χ0n) is 7.94. The van der Waals surface area contributed by atoms with E-state index in [2.05, 4.69) is 13.0 Å². The highest BCUT2D eigenvalue weighted by Gasteiger charge is 2.15. The second-order valence-electron chi connectivity index (χ2n) is 3.50. The molecular formula is C11H18O. The fourth-order valence-corrected chi connectivity index (χ4v) is 1.63. The van der Waals surface area contributed by atoms with E-state index >= 15 is 0 Å². The van der Waals surface area contributed by atoms with Gasteiger partial charge in [-0.3, -0.25) is 4.79 Å². The maximum Gasteiger partial charge on any atom is 0.158 e. The van der Waals surface area contributed by atoms with Crippen LogP contribution in [0.2, 0.25) is 0 Å². The maximum absolute atomic E-state index is 11.2. The molecule has 1 rings (SSSR count). The summed E-state index contributed by atoms with van der Waals surface area (Å²) in [5.41, 5.74) is 1.10. The predicted octanol–water partition coefficient (Wildman–Crippen LogP) is 3.25. The molecular weight excluding hydrogens is 148 g/mol. The second-order valence-corrected chi connectivity index (χ2v) is 3.50. The average Bonchev–Trinajstić information content (AvgIpc) is 2.46. The lowest BCUT2D eigenvalue weighted by atomic mass is 10.1. The van der Waals surface area contributed by atoms with E-state index in [1.807, 2.05) is 0 Å². The van der Waals surface area contributed by atoms with Crippen molar-refractivity contribution < 1.29 is 4.79 Å². The Labute approximate surface area is 74.9 Å². The number of unbranched alkanes of at least 4 members (excludes halogenated alkanes) is 3. The molecule has 0 N–H and O–H groups in total. The summed E-state index contributed by atoms with van der Waals surface area (Å²) in [7, 11) is 0. The van der Waals surface area contributed by atoms with Gasteiger partial charge in [0.25, 0.3) is 0 Å². The third-order valence-electron chi connectivity index (χ3n) is 2.41. The van der Waals surface area contributed by atoms with Gasteiger partial charge in [0, 0.05) is 6.42 Å². The van der Waals surface area contributed by atoms with E-state index in [4.69, 9.17) is 0 Å². The Kier molecular flexibility index (Phi) is 4.06. The molecule has 0 saturated heterocycles. The predicted molar refractivity (Wildman–Crippen MR) is 51.1 cm³/mol. The van der Waals surface area contributed by atoms with Crippen molar-refractivity contribution in [2.75, 3.05) is 0 Å². The molecule has 0 atom stereocenters. The smallest absolute Gasteiger partial charge is 0.158 e. The van der Waals surface area contributed by atoms with Gasteiger partial charge in [-0.15, -0.1) is 0 Å². The van der Waals surface area contributed by atoms with Crippen LogP contribution in [0.4, 0.5) is 0 Å². The Morgan fingerprint density at radius 3 is 2.75 bits per heavy atom. The molecule has 1 heteroatoms. The summed E-state index contributed by atoms with van der Waals surface area (Å²) < 4.78 is 0. The van der Waals surface area contributed by atoms with Crippen molar-refractivity contribution in [3.8, 4) is 0 Å². The first-order valence-electron chi connectivity index (χ1n) is 5.07. The van der Waals surface area contributed by atoms with E-state index in [1.54, 1.807) is 0 Å². The first-order chi connectivity index (χ1) is 5.84. The van der Waals surface area contributed by atoms with E-state index < -0.39 is 0 Å². The van der Waals surface area contributed by atoms with Crippen LogP contribution in [-0.4, -0.2) is 5.78 Å². The zero-order valence-corrected chi connectivity index (χ0v) is 7.94. The Morgan fingerprint density at radius 1 is 1.33 bits per heavy atom. The fourth-order valence-electron chi connectivity index (χ4n) is 1.63. The number of hydrogen-bond acceptors (Lipinski definition) is 1. The molecule has 68 valence electrons. The molecule has 0 aromatic heterocycles. The lowest BCUT2D eigenvalue weighted by Crippen LogP contribution is -1.90. The highest BCUT2D eigenvalue weighted by atomic mass is 16.1. The van der Waals surface area contributed by atoms with Crippen molar-refractivity contribution in [1.82, 2.24) is 0 Å². The Bertz CT molecular complexity index is 179. The second kappa shape index (κ2) is 5.13. The molecule has 0 heterocycles. The van der Waals surface area contributed by atoms with Crippen molar-refractivity contribution >= 4 is 5.78 Å². The molecule has 0 amide bonds. The molecule has 12 heavy (non-hydrogen) atoms. The van der Waals surface area contributed by atoms with Crippen LogP contribution in [0.3, 0.4) is 0 Å². The van der Waals surface area contributed by atoms with Crippen LogP contribution in [0.5, 0.6) is 0 Å². The highest BCUT2D eigenvalue weighted by Crippen LogP contribution is 2.21. The molecule has 1 aliphatic rings. The SMILES string of the molecule is CCCCC/C=C1/CCCC1=O. The molecule has 0 radical (unpaired) electrons. The normalized spacial score (nSPS) is 20.8. The van der Waals surface area contributed by atoms with Crippen LogP contribution in [0, 0.1) is 0 Å². The molecule has 1 aliphatic carbocycles. The zero-order chi connectivity index (χ0) is 8.81. The first-order valence-corrected chi connectivity index (χ1v) is 5.07. The molecule has 1 fully saturated rings. The molecule has 0 unspecified atom stereocenters. The van der Waals surface area contributed by atoms with Crippen LogP contribution in [-0.2, 0) is 4.79 Å². The first kappa shape index (κ1) is 9.50. The van der Waals surface area contributed by atoms with Gasteiger partial charge in [-0.25, -0.2) is 0 Å². The molecule has 0 spiro atoms. The molecule has 1 saturated carbocycles. The summed E-state index contributed by atoms with van der Waals surface area (Å²) in [5, 5.41) is 0. The number of carbonyl (C=O) groups is 1. The summed E-state index contributed by atoms with van der Waals surface area (Å²) >= 11 is 0. The van der Waals surface area contributed by atoms with Gasteiger partial charge in [0.1, 0.15) is 0 Å². The van der Waals surface area contributed by atoms with Crippen LogP contribution in [0.1, 0.15) is 51.9 Å². The summed E-state index contributed by atoms with van der Waals surface area (Å²) in [6.07, 6.45) is 9.96. The standard InChI is InChI=1S/C11H18O/c1-2-3-4-5-7-10-8-6-9-11(10)12/h7H,2-6,8-9H2,1H3/b10-7-. The van der Waals surface area contributed by atoms with Crippen molar-refractivity contribution in [1.29, 1.82) is 0 Å². The molecule has 1 nitrogen and oxygen atoms in total. The topological polar surface area (TPSA) is 17.1 Å². The minimum atomic E-state index is 0.395. The summed E-state index contributed by atoms with van der Waals surface area (Å²) in [6.45, 7) is 2.20. The molecule has 0 aromatic carbocycles. The van der Waals surface area contributed by atoms with E-state index in [-0.39, 0.29) is 0 Å². The maximum atomic E-state index is 11.2. The van der Waals surface area contributed by atoms with E-state index in [1.165, 1.54) is 19.3 Å². The van der Waals surface area contributed by atoms with Gasteiger partial charge < -0.3 is 0 Å². The molecule has 0 aliphatic heterocycles. The van der Waals surface area contributed by atoms with Crippen molar-refractivity contribution in [2.24, 2.45) is 0 Å². The quantitative estimate of drug-likeness (QED) is 0.463. The average molecular weight is 166 g/mol. The van der Waals surface area contributed by atoms with Gasteiger partial charge >= 0.3 is 0 Å². The lowest BCUT2D eigenvalue weighted by Gasteiger charge is -1.95. The van der Waals surface area contributed by atoms with Gasteiger partial charge in [-0.05, 0) is 31.3 Å². The highest BCUT2D eigenvalue weighted by molar-refractivity contribution is 5.97. The fraction of sp³-hybridized carbons (Fsp3) is 0.727. The van der Waals surface area contributed by atoms with Gasteiger partial charge in [0.05, 0.1) is 0 Å². The van der Waals surface area contributed by atoms with E-state index in [9.17, 15) is 4.79 Å². The summed E-state index contributed by atoms with van der Waals surface area (Å²) in [6, 6.07) is 0. The van der Waals surface area contributed by atoms with Gasteiger partial charge in [0.2, 0.25) is 0 Å². The van der Waals surface area contributed by atoms with Gasteiger partial charge in [0.15, 0.2) is 5.78 Å². The summed E-state index contributed by atoms with van der Waals surface area (Å²) in [4.78, 5) is 11.2. The number of ketones is 1. The van der Waals surface area contributed by atoms with E-state index in [0.717, 1.165) is 31.3 Å². The largest absolute Gasteiger partial charge is 0.295 e. The number of hydrogen-bond donors (Lipinski definition) is 0. The Hall–Kier alpha value is -0.590. The van der Waals surface area contributed by atoms with Crippen LogP contribution < -0.4 is 0 Å². The van der Waals surface area contributed by atoms with Gasteiger partial charge in [-0.2, -0.15) is 0 Å². The van der Waals surface area contributed by atoms with Crippen molar-refractivity contribution in [2.45, 2.75) is 51.9 Å². The lowest BCUT2D eigenvalue weighted by molar-refractivity contribution is -0.114. The third kappa shape index (κ3) is 2.80. The van der Waals surface area contributed by atoms with Crippen LogP contribution in [0.25, 0.3) is 0 Å².